The molecule has 0 saturated heterocycles. The van der Waals surface area contributed by atoms with Crippen LogP contribution in [0.3, 0.4) is 0 Å². The molecule has 8 heavy (non-hydrogen) atoms. The van der Waals surface area contributed by atoms with Crippen LogP contribution in [-0.4, -0.2) is 0 Å². The molecule has 0 aliphatic heterocycles. The van der Waals surface area contributed by atoms with Gasteiger partial charge in [-0.15, -0.1) is 0 Å². The zero-order valence-electron chi connectivity index (χ0n) is 5.82. The van der Waals surface area contributed by atoms with Crippen molar-refractivity contribution in [2.75, 3.05) is 0 Å². The first kappa shape index (κ1) is 16.2. The normalized spacial score (nSPS) is 5.75. The minimum Gasteiger partial charge on any atom is -0.884 e. The molecule has 0 atom stereocenters. The van der Waals surface area contributed by atoms with Crippen LogP contribution in [0.2, 0.25) is 0 Å². The van der Waals surface area contributed by atoms with E-state index in [1.54, 1.807) is 0 Å². The summed E-state index contributed by atoms with van der Waals surface area (Å²) in [5.74, 6) is -1.07. The predicted octanol–water partition coefficient (Wildman–Crippen LogP) is -7.03. The van der Waals surface area contributed by atoms with E-state index in [2.05, 4.69) is 0 Å². The third-order valence-electron chi connectivity index (χ3n) is 0.408. The van der Waals surface area contributed by atoms with E-state index in [1.165, 1.54) is 13.8 Å². The van der Waals surface area contributed by atoms with E-state index in [-0.39, 0.29) is 59.1 Å². The first-order valence-corrected chi connectivity index (χ1v) is 1.66. The minimum atomic E-state index is -1.07. The topological polar surface area (TPSA) is 46.1 Å². The Labute approximate surface area is 93.6 Å². The third kappa shape index (κ3) is 10.3. The van der Waals surface area contributed by atoms with Crippen molar-refractivity contribution >= 4 is 0 Å². The fourth-order valence-corrected chi connectivity index (χ4v) is 0. The van der Waals surface area contributed by atoms with Gasteiger partial charge in [-0.3, -0.25) is 0 Å². The van der Waals surface area contributed by atoms with Crippen LogP contribution < -0.4 is 69.3 Å². The monoisotopic (exact) mass is 132 g/mol. The molecule has 0 fully saturated rings. The zero-order chi connectivity index (χ0) is 5.15. The smallest absolute Gasteiger partial charge is 0.884 e. The third-order valence-corrected chi connectivity index (χ3v) is 0.408. The molecular formula is C4H6Na2O2. The standard InChI is InChI=1S/C4H8O2.2Na/c1-3(2)4(5)6;;/h5-6H,1-2H3;;/q;2*+1/p-2. The second kappa shape index (κ2) is 8.34. The number of hydrogen-bond donors (Lipinski definition) is 0. The molecule has 0 amide bonds. The van der Waals surface area contributed by atoms with Gasteiger partial charge in [-0.05, 0) is 13.8 Å². The number of hydrogen-bond acceptors (Lipinski definition) is 2. The SMILES string of the molecule is CC(C)=C([O-])[O-].[Na+].[Na+]. The molecule has 0 bridgehead atoms. The van der Waals surface area contributed by atoms with E-state index in [0.29, 0.717) is 5.57 Å². The van der Waals surface area contributed by atoms with E-state index < -0.39 is 5.95 Å². The molecule has 0 aromatic rings. The number of rotatable bonds is 0. The quantitative estimate of drug-likeness (QED) is 0.243. The fourth-order valence-electron chi connectivity index (χ4n) is 0. The summed E-state index contributed by atoms with van der Waals surface area (Å²) in [6.45, 7) is 2.99. The van der Waals surface area contributed by atoms with Gasteiger partial charge in [0.05, 0.1) is 0 Å². The van der Waals surface area contributed by atoms with Crippen LogP contribution >= 0.6 is 0 Å². The molecule has 0 aliphatic carbocycles. The van der Waals surface area contributed by atoms with E-state index in [9.17, 15) is 10.2 Å². The Hall–Kier alpha value is 1.34. The van der Waals surface area contributed by atoms with Crippen LogP contribution in [0.5, 0.6) is 0 Å². The van der Waals surface area contributed by atoms with Crippen molar-refractivity contribution in [2.45, 2.75) is 13.8 Å². The van der Waals surface area contributed by atoms with Gasteiger partial charge in [0, 0.05) is 0 Å². The van der Waals surface area contributed by atoms with Gasteiger partial charge in [-0.25, -0.2) is 5.95 Å². The Morgan fingerprint density at radius 1 is 1.00 bits per heavy atom. The summed E-state index contributed by atoms with van der Waals surface area (Å²) < 4.78 is 0. The first-order valence-electron chi connectivity index (χ1n) is 1.66. The zero-order valence-corrected chi connectivity index (χ0v) is 9.82. The second-order valence-corrected chi connectivity index (χ2v) is 1.29. The predicted molar refractivity (Wildman–Crippen MR) is 18.4 cm³/mol. The Kier molecular flexibility index (Phi) is 16.8. The van der Waals surface area contributed by atoms with E-state index in [4.69, 9.17) is 0 Å². The van der Waals surface area contributed by atoms with Gasteiger partial charge in [0.15, 0.2) is 0 Å². The van der Waals surface area contributed by atoms with E-state index in [1.807, 2.05) is 0 Å². The van der Waals surface area contributed by atoms with Gasteiger partial charge < -0.3 is 10.2 Å². The fraction of sp³-hybridized carbons (Fsp3) is 0.500. The van der Waals surface area contributed by atoms with Crippen LogP contribution in [0.4, 0.5) is 0 Å². The molecule has 0 unspecified atom stereocenters. The molecule has 0 heterocycles. The van der Waals surface area contributed by atoms with Gasteiger partial charge in [0.25, 0.3) is 0 Å². The average molecular weight is 132 g/mol. The van der Waals surface area contributed by atoms with Crippen molar-refractivity contribution in [3.63, 3.8) is 0 Å². The van der Waals surface area contributed by atoms with Gasteiger partial charge >= 0.3 is 59.1 Å². The Bertz CT molecular complexity index is 62.1. The molecule has 0 aromatic carbocycles. The summed E-state index contributed by atoms with van der Waals surface area (Å²) in [4.78, 5) is 0. The maximum absolute atomic E-state index is 9.55. The molecule has 0 spiro atoms. The summed E-state index contributed by atoms with van der Waals surface area (Å²) >= 11 is 0. The molecule has 2 nitrogen and oxygen atoms in total. The van der Waals surface area contributed by atoms with Crippen molar-refractivity contribution in [1.29, 1.82) is 0 Å². The molecule has 0 N–H and O–H groups in total. The van der Waals surface area contributed by atoms with Crippen molar-refractivity contribution < 1.29 is 69.3 Å². The second-order valence-electron chi connectivity index (χ2n) is 1.29. The summed E-state index contributed by atoms with van der Waals surface area (Å²) in [7, 11) is 0. The van der Waals surface area contributed by atoms with E-state index in [0.717, 1.165) is 0 Å². The van der Waals surface area contributed by atoms with E-state index >= 15 is 0 Å². The van der Waals surface area contributed by atoms with Crippen LogP contribution in [0.1, 0.15) is 13.8 Å². The summed E-state index contributed by atoms with van der Waals surface area (Å²) in [5.41, 5.74) is 0.315. The minimum absolute atomic E-state index is 0. The van der Waals surface area contributed by atoms with Crippen molar-refractivity contribution in [3.05, 3.63) is 11.5 Å². The summed E-state index contributed by atoms with van der Waals surface area (Å²) in [6.07, 6.45) is 0. The summed E-state index contributed by atoms with van der Waals surface area (Å²) in [6, 6.07) is 0. The van der Waals surface area contributed by atoms with Crippen LogP contribution in [0.15, 0.2) is 11.5 Å². The maximum atomic E-state index is 9.55. The molecule has 4 heteroatoms. The molecule has 0 radical (unpaired) electrons. The van der Waals surface area contributed by atoms with Gasteiger partial charge in [0.1, 0.15) is 0 Å². The molecule has 0 aliphatic rings. The van der Waals surface area contributed by atoms with Crippen molar-refractivity contribution in [1.82, 2.24) is 0 Å². The molecule has 36 valence electrons. The molecular weight excluding hydrogens is 126 g/mol. The van der Waals surface area contributed by atoms with Crippen molar-refractivity contribution in [2.24, 2.45) is 0 Å². The summed E-state index contributed by atoms with van der Waals surface area (Å²) in [5, 5.41) is 19.1. The van der Waals surface area contributed by atoms with Gasteiger partial charge in [-0.2, -0.15) is 0 Å². The number of allylic oxidation sites excluding steroid dienone is 1. The molecule has 0 rings (SSSR count). The Balaban J connectivity index is -0.000000125. The molecule has 0 aromatic heterocycles. The first-order chi connectivity index (χ1) is 2.64. The van der Waals surface area contributed by atoms with Crippen LogP contribution in [-0.2, 0) is 0 Å². The largest absolute Gasteiger partial charge is 1.00 e. The Morgan fingerprint density at radius 2 is 1.12 bits per heavy atom. The van der Waals surface area contributed by atoms with Crippen molar-refractivity contribution in [3.8, 4) is 0 Å². The van der Waals surface area contributed by atoms with Crippen LogP contribution in [0, 0.1) is 0 Å². The van der Waals surface area contributed by atoms with Crippen LogP contribution in [0.25, 0.3) is 0 Å². The Morgan fingerprint density at radius 3 is 1.12 bits per heavy atom. The average Bonchev–Trinajstić information content (AvgIpc) is 1.36. The van der Waals surface area contributed by atoms with Gasteiger partial charge in [-0.1, -0.05) is 5.57 Å². The van der Waals surface area contributed by atoms with Gasteiger partial charge in [0.2, 0.25) is 0 Å². The molecule has 0 saturated carbocycles. The maximum Gasteiger partial charge on any atom is 1.00 e.